The lowest BCUT2D eigenvalue weighted by Gasteiger charge is -2.19. The first kappa shape index (κ1) is 19.3. The highest BCUT2D eigenvalue weighted by molar-refractivity contribution is 6.40. The van der Waals surface area contributed by atoms with Crippen molar-refractivity contribution < 1.29 is 18.4 Å². The van der Waals surface area contributed by atoms with Crippen molar-refractivity contribution in [1.82, 2.24) is 10.3 Å². The summed E-state index contributed by atoms with van der Waals surface area (Å²) in [6, 6.07) is 11.8. The van der Waals surface area contributed by atoms with Gasteiger partial charge in [0.1, 0.15) is 0 Å². The summed E-state index contributed by atoms with van der Waals surface area (Å²) < 4.78 is 26.6. The standard InChI is InChI=1S/C20H20F2N4O2/c1-26(13-6-3-2-4-7-13)9-5-8-23-19(27)20(28)25-18-12-24-17-11-16(22)15(21)10-14(17)18/h2-4,6-7,10-12,24H,5,8-9H2,1H3,(H,23,27)(H,25,28). The van der Waals surface area contributed by atoms with E-state index in [9.17, 15) is 18.4 Å². The second-order valence-corrected chi connectivity index (χ2v) is 6.33. The largest absolute Gasteiger partial charge is 0.375 e. The van der Waals surface area contributed by atoms with Crippen LogP contribution in [0.5, 0.6) is 0 Å². The minimum atomic E-state index is -1.03. The third-order valence-corrected chi connectivity index (χ3v) is 4.33. The summed E-state index contributed by atoms with van der Waals surface area (Å²) in [6.45, 7) is 1.04. The summed E-state index contributed by atoms with van der Waals surface area (Å²) in [5.41, 5.74) is 1.59. The molecule has 0 bridgehead atoms. The zero-order valence-corrected chi connectivity index (χ0v) is 15.3. The highest BCUT2D eigenvalue weighted by Crippen LogP contribution is 2.25. The molecule has 0 aliphatic heterocycles. The summed E-state index contributed by atoms with van der Waals surface area (Å²) in [6.07, 6.45) is 2.03. The molecular weight excluding hydrogens is 366 g/mol. The Morgan fingerprint density at radius 1 is 1.07 bits per heavy atom. The normalized spacial score (nSPS) is 10.7. The number of H-pyrrole nitrogens is 1. The summed E-state index contributed by atoms with van der Waals surface area (Å²) >= 11 is 0. The van der Waals surface area contributed by atoms with Crippen molar-refractivity contribution in [2.45, 2.75) is 6.42 Å². The van der Waals surface area contributed by atoms with E-state index in [1.165, 1.54) is 6.20 Å². The average Bonchev–Trinajstić information content (AvgIpc) is 3.07. The van der Waals surface area contributed by atoms with Gasteiger partial charge in [0.15, 0.2) is 11.6 Å². The average molecular weight is 386 g/mol. The van der Waals surface area contributed by atoms with Crippen LogP contribution in [0.15, 0.2) is 48.7 Å². The minimum absolute atomic E-state index is 0.206. The van der Waals surface area contributed by atoms with Crippen LogP contribution in [0.1, 0.15) is 6.42 Å². The Hall–Kier alpha value is -3.42. The number of nitrogens with one attached hydrogen (secondary N) is 3. The smallest absolute Gasteiger partial charge is 0.313 e. The molecule has 3 N–H and O–H groups in total. The van der Waals surface area contributed by atoms with Crippen LogP contribution in [0, 0.1) is 11.6 Å². The molecule has 0 fully saturated rings. The molecule has 8 heteroatoms. The number of hydrogen-bond acceptors (Lipinski definition) is 3. The fourth-order valence-corrected chi connectivity index (χ4v) is 2.81. The van der Waals surface area contributed by atoms with Crippen molar-refractivity contribution in [3.8, 4) is 0 Å². The molecule has 2 amide bonds. The lowest BCUT2D eigenvalue weighted by Crippen LogP contribution is -2.36. The second kappa shape index (κ2) is 8.51. The molecule has 1 heterocycles. The van der Waals surface area contributed by atoms with E-state index >= 15 is 0 Å². The number of amides is 2. The third-order valence-electron chi connectivity index (χ3n) is 4.33. The number of anilines is 2. The van der Waals surface area contributed by atoms with E-state index in [4.69, 9.17) is 0 Å². The highest BCUT2D eigenvalue weighted by Gasteiger charge is 2.16. The van der Waals surface area contributed by atoms with Gasteiger partial charge in [-0.1, -0.05) is 18.2 Å². The molecule has 0 spiro atoms. The number of fused-ring (bicyclic) bond motifs is 1. The Kier molecular flexibility index (Phi) is 5.88. The van der Waals surface area contributed by atoms with E-state index in [2.05, 4.69) is 15.6 Å². The highest BCUT2D eigenvalue weighted by atomic mass is 19.2. The van der Waals surface area contributed by atoms with Gasteiger partial charge in [0.25, 0.3) is 0 Å². The van der Waals surface area contributed by atoms with Crippen LogP contribution in [0.25, 0.3) is 10.9 Å². The molecule has 28 heavy (non-hydrogen) atoms. The molecule has 6 nitrogen and oxygen atoms in total. The number of halogens is 2. The summed E-state index contributed by atoms with van der Waals surface area (Å²) in [4.78, 5) is 28.8. The fraction of sp³-hybridized carbons (Fsp3) is 0.200. The molecule has 0 aliphatic carbocycles. The number of aromatic amines is 1. The van der Waals surface area contributed by atoms with Crippen molar-refractivity contribution in [3.63, 3.8) is 0 Å². The Labute approximate surface area is 160 Å². The van der Waals surface area contributed by atoms with Crippen LogP contribution in [0.4, 0.5) is 20.2 Å². The lowest BCUT2D eigenvalue weighted by atomic mass is 10.2. The number of carbonyl (C=O) groups excluding carboxylic acids is 2. The topological polar surface area (TPSA) is 77.2 Å². The fourth-order valence-electron chi connectivity index (χ4n) is 2.81. The SMILES string of the molecule is CN(CCCNC(=O)C(=O)Nc1c[nH]c2cc(F)c(F)cc12)c1ccccc1. The van der Waals surface area contributed by atoms with Crippen LogP contribution in [-0.4, -0.2) is 36.9 Å². The van der Waals surface area contributed by atoms with E-state index in [1.807, 2.05) is 42.3 Å². The van der Waals surface area contributed by atoms with Gasteiger partial charge in [-0.3, -0.25) is 9.59 Å². The van der Waals surface area contributed by atoms with E-state index in [0.717, 1.165) is 17.8 Å². The molecule has 3 aromatic rings. The van der Waals surface area contributed by atoms with Gasteiger partial charge >= 0.3 is 11.8 Å². The second-order valence-electron chi connectivity index (χ2n) is 6.33. The molecule has 3 rings (SSSR count). The zero-order valence-electron chi connectivity index (χ0n) is 15.3. The molecule has 0 atom stereocenters. The van der Waals surface area contributed by atoms with Crippen LogP contribution in [-0.2, 0) is 9.59 Å². The summed E-state index contributed by atoms with van der Waals surface area (Å²) in [7, 11) is 1.95. The lowest BCUT2D eigenvalue weighted by molar-refractivity contribution is -0.136. The van der Waals surface area contributed by atoms with Crippen molar-refractivity contribution in [1.29, 1.82) is 0 Å². The Balaban J connectivity index is 1.49. The first-order chi connectivity index (χ1) is 13.5. The van der Waals surface area contributed by atoms with Gasteiger partial charge in [-0.05, 0) is 24.6 Å². The first-order valence-electron chi connectivity index (χ1n) is 8.77. The van der Waals surface area contributed by atoms with Gasteiger partial charge in [0.2, 0.25) is 0 Å². The molecule has 1 aromatic heterocycles. The van der Waals surface area contributed by atoms with Crippen molar-refractivity contribution in [2.75, 3.05) is 30.4 Å². The maximum absolute atomic E-state index is 13.4. The molecule has 146 valence electrons. The van der Waals surface area contributed by atoms with Crippen molar-refractivity contribution in [2.24, 2.45) is 0 Å². The van der Waals surface area contributed by atoms with Gasteiger partial charge in [0, 0.05) is 43.5 Å². The van der Waals surface area contributed by atoms with Gasteiger partial charge < -0.3 is 20.5 Å². The molecule has 0 radical (unpaired) electrons. The number of carbonyl (C=O) groups is 2. The molecular formula is C20H20F2N4O2. The Morgan fingerprint density at radius 3 is 2.54 bits per heavy atom. The van der Waals surface area contributed by atoms with E-state index in [0.29, 0.717) is 25.0 Å². The number of nitrogens with zero attached hydrogens (tertiary/aromatic N) is 1. The van der Waals surface area contributed by atoms with Gasteiger partial charge in [-0.15, -0.1) is 0 Å². The van der Waals surface area contributed by atoms with Crippen molar-refractivity contribution in [3.05, 3.63) is 60.3 Å². The first-order valence-corrected chi connectivity index (χ1v) is 8.77. The van der Waals surface area contributed by atoms with Gasteiger partial charge in [-0.2, -0.15) is 0 Å². The Morgan fingerprint density at radius 2 is 1.79 bits per heavy atom. The van der Waals surface area contributed by atoms with Crippen LogP contribution in [0.3, 0.4) is 0 Å². The summed E-state index contributed by atoms with van der Waals surface area (Å²) in [5.74, 6) is -3.69. The molecule has 0 saturated carbocycles. The quantitative estimate of drug-likeness (QED) is 0.450. The van der Waals surface area contributed by atoms with E-state index in [-0.39, 0.29) is 11.1 Å². The number of benzene rings is 2. The predicted octanol–water partition coefficient (Wildman–Crippen LogP) is 3.03. The van der Waals surface area contributed by atoms with Crippen LogP contribution < -0.4 is 15.5 Å². The predicted molar refractivity (Wildman–Crippen MR) is 104 cm³/mol. The van der Waals surface area contributed by atoms with E-state index in [1.54, 1.807) is 0 Å². The molecule has 2 aromatic carbocycles. The molecule has 0 saturated heterocycles. The third kappa shape index (κ3) is 4.46. The summed E-state index contributed by atoms with van der Waals surface area (Å²) in [5, 5.41) is 5.24. The van der Waals surface area contributed by atoms with Gasteiger partial charge in [0.05, 0.1) is 11.2 Å². The number of para-hydroxylation sites is 1. The maximum Gasteiger partial charge on any atom is 0.313 e. The number of aromatic nitrogens is 1. The Bertz CT molecular complexity index is 989. The number of rotatable bonds is 6. The van der Waals surface area contributed by atoms with E-state index < -0.39 is 23.4 Å². The van der Waals surface area contributed by atoms with Gasteiger partial charge in [-0.25, -0.2) is 8.78 Å². The number of hydrogen-bond donors (Lipinski definition) is 3. The van der Waals surface area contributed by atoms with Crippen LogP contribution in [0.2, 0.25) is 0 Å². The van der Waals surface area contributed by atoms with Crippen LogP contribution >= 0.6 is 0 Å². The zero-order chi connectivity index (χ0) is 20.1. The molecule has 0 aliphatic rings. The molecule has 0 unspecified atom stereocenters. The maximum atomic E-state index is 13.4. The van der Waals surface area contributed by atoms with Crippen molar-refractivity contribution >= 4 is 34.1 Å². The minimum Gasteiger partial charge on any atom is -0.375 e. The monoisotopic (exact) mass is 386 g/mol.